The van der Waals surface area contributed by atoms with Gasteiger partial charge >= 0.3 is 11.8 Å². The SMILES string of the molecule is CC(=O)NC[C@H]1CN(c2ccc(C3=CCn4c(coc4=O)C3)cc2)C(=O)O1. The fourth-order valence-electron chi connectivity index (χ4n) is 3.33. The summed E-state index contributed by atoms with van der Waals surface area (Å²) in [4.78, 5) is 36.2. The molecule has 3 heterocycles. The molecule has 27 heavy (non-hydrogen) atoms. The molecule has 0 unspecified atom stereocenters. The smallest absolute Gasteiger partial charge is 0.419 e. The number of nitrogens with one attached hydrogen (secondary N) is 1. The third kappa shape index (κ3) is 3.38. The van der Waals surface area contributed by atoms with Crippen LogP contribution >= 0.6 is 0 Å². The van der Waals surface area contributed by atoms with Crippen LogP contribution in [0.3, 0.4) is 0 Å². The first-order valence-corrected chi connectivity index (χ1v) is 8.70. The number of cyclic esters (lactones) is 1. The van der Waals surface area contributed by atoms with Gasteiger partial charge in [-0.1, -0.05) is 18.2 Å². The van der Waals surface area contributed by atoms with Crippen molar-refractivity contribution in [1.82, 2.24) is 9.88 Å². The molecule has 2 aliphatic heterocycles. The van der Waals surface area contributed by atoms with Crippen molar-refractivity contribution >= 4 is 23.3 Å². The summed E-state index contributed by atoms with van der Waals surface area (Å²) in [6.07, 6.45) is 3.35. The van der Waals surface area contributed by atoms with Crippen LogP contribution in [0.5, 0.6) is 0 Å². The van der Waals surface area contributed by atoms with Crippen LogP contribution in [0, 0.1) is 0 Å². The Morgan fingerprint density at radius 1 is 1.26 bits per heavy atom. The highest BCUT2D eigenvalue weighted by Crippen LogP contribution is 2.27. The number of oxazole rings is 1. The van der Waals surface area contributed by atoms with E-state index in [1.54, 1.807) is 9.47 Å². The number of aromatic nitrogens is 1. The lowest BCUT2D eigenvalue weighted by Crippen LogP contribution is -2.33. The van der Waals surface area contributed by atoms with E-state index >= 15 is 0 Å². The molecule has 1 saturated heterocycles. The van der Waals surface area contributed by atoms with Crippen LogP contribution < -0.4 is 16.0 Å². The first-order valence-electron chi connectivity index (χ1n) is 8.70. The van der Waals surface area contributed by atoms with Gasteiger partial charge in [-0.15, -0.1) is 0 Å². The molecule has 0 bridgehead atoms. The number of hydrogen-bond acceptors (Lipinski definition) is 5. The van der Waals surface area contributed by atoms with Crippen LogP contribution in [0.15, 0.2) is 45.8 Å². The Morgan fingerprint density at radius 2 is 2.04 bits per heavy atom. The van der Waals surface area contributed by atoms with E-state index in [1.807, 2.05) is 30.3 Å². The highest BCUT2D eigenvalue weighted by molar-refractivity contribution is 5.90. The molecule has 1 aromatic carbocycles. The van der Waals surface area contributed by atoms with E-state index in [9.17, 15) is 14.4 Å². The fourth-order valence-corrected chi connectivity index (χ4v) is 3.33. The molecule has 0 radical (unpaired) electrons. The minimum Gasteiger partial charge on any atom is -0.442 e. The van der Waals surface area contributed by atoms with Crippen LogP contribution in [0.2, 0.25) is 0 Å². The lowest BCUT2D eigenvalue weighted by molar-refractivity contribution is -0.119. The normalized spacial score (nSPS) is 18.7. The summed E-state index contributed by atoms with van der Waals surface area (Å²) in [7, 11) is 0. The zero-order valence-corrected chi connectivity index (χ0v) is 14.8. The number of rotatable bonds is 4. The molecule has 8 heteroatoms. The largest absolute Gasteiger partial charge is 0.442 e. The second kappa shape index (κ2) is 6.79. The van der Waals surface area contributed by atoms with E-state index in [1.165, 1.54) is 13.2 Å². The number of hydrogen-bond donors (Lipinski definition) is 1. The maximum Gasteiger partial charge on any atom is 0.419 e. The number of carbonyl (C=O) groups excluding carboxylic acids is 2. The predicted molar refractivity (Wildman–Crippen MR) is 97.4 cm³/mol. The van der Waals surface area contributed by atoms with Crippen LogP contribution in [0.1, 0.15) is 18.2 Å². The predicted octanol–water partition coefficient (Wildman–Crippen LogP) is 1.54. The summed E-state index contributed by atoms with van der Waals surface area (Å²) in [6.45, 7) is 2.61. The average Bonchev–Trinajstić information content (AvgIpc) is 3.22. The van der Waals surface area contributed by atoms with Gasteiger partial charge in [0.2, 0.25) is 5.91 Å². The average molecular weight is 369 g/mol. The van der Waals surface area contributed by atoms with Crippen molar-refractivity contribution in [1.29, 1.82) is 0 Å². The van der Waals surface area contributed by atoms with Crippen molar-refractivity contribution in [2.75, 3.05) is 18.0 Å². The van der Waals surface area contributed by atoms with E-state index in [0.29, 0.717) is 26.1 Å². The van der Waals surface area contributed by atoms with E-state index < -0.39 is 6.09 Å². The highest BCUT2D eigenvalue weighted by Gasteiger charge is 2.32. The standard InChI is InChI=1S/C19H19N3O5/c1-12(23)20-9-17-10-22(19(25)27-17)15-4-2-13(3-5-15)14-6-7-21-16(8-14)11-26-18(21)24/h2-6,11,17H,7-10H2,1H3,(H,20,23)/t17-/m0/s1. The molecule has 0 spiro atoms. The summed E-state index contributed by atoms with van der Waals surface area (Å²) in [5.41, 5.74) is 3.73. The maximum absolute atomic E-state index is 12.1. The third-order valence-corrected chi connectivity index (χ3v) is 4.76. The molecular formula is C19H19N3O5. The van der Waals surface area contributed by atoms with Gasteiger partial charge in [-0.05, 0) is 23.3 Å². The van der Waals surface area contributed by atoms with Gasteiger partial charge in [0.25, 0.3) is 0 Å². The molecule has 2 aromatic rings. The van der Waals surface area contributed by atoms with E-state index in [0.717, 1.165) is 22.5 Å². The summed E-state index contributed by atoms with van der Waals surface area (Å²) >= 11 is 0. The summed E-state index contributed by atoms with van der Waals surface area (Å²) in [6, 6.07) is 7.64. The number of carbonyl (C=O) groups is 2. The minimum atomic E-state index is -0.419. The van der Waals surface area contributed by atoms with Crippen molar-refractivity contribution in [3.8, 4) is 0 Å². The van der Waals surface area contributed by atoms with Gasteiger partial charge < -0.3 is 14.5 Å². The second-order valence-corrected chi connectivity index (χ2v) is 6.61. The first-order chi connectivity index (χ1) is 13.0. The molecule has 140 valence electrons. The highest BCUT2D eigenvalue weighted by atomic mass is 16.6. The van der Waals surface area contributed by atoms with Crippen LogP contribution in [0.4, 0.5) is 10.5 Å². The fraction of sp³-hybridized carbons (Fsp3) is 0.316. The Hall–Kier alpha value is -3.29. The molecule has 4 rings (SSSR count). The number of ether oxygens (including phenoxy) is 1. The van der Waals surface area contributed by atoms with Gasteiger partial charge in [-0.2, -0.15) is 0 Å². The lowest BCUT2D eigenvalue weighted by atomic mass is 9.98. The van der Waals surface area contributed by atoms with Gasteiger partial charge in [0.05, 0.1) is 18.8 Å². The van der Waals surface area contributed by atoms with Crippen molar-refractivity contribution < 1.29 is 18.7 Å². The molecular weight excluding hydrogens is 350 g/mol. The molecule has 0 saturated carbocycles. The Morgan fingerprint density at radius 3 is 2.78 bits per heavy atom. The van der Waals surface area contributed by atoms with Crippen molar-refractivity contribution in [2.45, 2.75) is 26.0 Å². The monoisotopic (exact) mass is 369 g/mol. The third-order valence-electron chi connectivity index (χ3n) is 4.76. The zero-order chi connectivity index (χ0) is 19.0. The molecule has 1 aromatic heterocycles. The number of amides is 2. The van der Waals surface area contributed by atoms with E-state index in [4.69, 9.17) is 9.15 Å². The topological polar surface area (TPSA) is 93.8 Å². The van der Waals surface area contributed by atoms with Crippen LogP contribution in [-0.4, -0.2) is 35.8 Å². The van der Waals surface area contributed by atoms with Gasteiger partial charge in [0.1, 0.15) is 12.4 Å². The van der Waals surface area contributed by atoms with Crippen molar-refractivity contribution in [3.05, 3.63) is 58.4 Å². The van der Waals surface area contributed by atoms with Gasteiger partial charge in [0, 0.05) is 25.6 Å². The molecule has 2 aliphatic rings. The van der Waals surface area contributed by atoms with Crippen molar-refractivity contribution in [2.24, 2.45) is 0 Å². The zero-order valence-electron chi connectivity index (χ0n) is 14.8. The van der Waals surface area contributed by atoms with E-state index in [2.05, 4.69) is 5.32 Å². The molecule has 2 amide bonds. The summed E-state index contributed by atoms with van der Waals surface area (Å²) in [5.74, 6) is -0.491. The Balaban J connectivity index is 1.45. The van der Waals surface area contributed by atoms with Crippen LogP contribution in [0.25, 0.3) is 5.57 Å². The van der Waals surface area contributed by atoms with E-state index in [-0.39, 0.29) is 17.8 Å². The number of benzene rings is 1. The lowest BCUT2D eigenvalue weighted by Gasteiger charge is -2.17. The summed E-state index contributed by atoms with van der Waals surface area (Å²) in [5, 5.41) is 2.66. The summed E-state index contributed by atoms with van der Waals surface area (Å²) < 4.78 is 11.8. The second-order valence-electron chi connectivity index (χ2n) is 6.61. The van der Waals surface area contributed by atoms with Crippen molar-refractivity contribution in [3.63, 3.8) is 0 Å². The Bertz CT molecular complexity index is 970. The molecule has 1 fully saturated rings. The molecule has 0 aliphatic carbocycles. The number of fused-ring (bicyclic) bond motifs is 1. The number of anilines is 1. The van der Waals surface area contributed by atoms with Gasteiger partial charge in [-0.3, -0.25) is 14.3 Å². The first kappa shape index (κ1) is 17.1. The van der Waals surface area contributed by atoms with Gasteiger partial charge in [0.15, 0.2) is 0 Å². The van der Waals surface area contributed by atoms with Crippen LogP contribution in [-0.2, 0) is 22.5 Å². The number of nitrogens with zero attached hydrogens (tertiary/aromatic N) is 2. The Labute approximate surface area is 155 Å². The number of allylic oxidation sites excluding steroid dienone is 2. The Kier molecular flexibility index (Phi) is 4.31. The minimum absolute atomic E-state index is 0.155. The molecule has 8 nitrogen and oxygen atoms in total. The quantitative estimate of drug-likeness (QED) is 0.882. The molecule has 1 N–H and O–H groups in total. The molecule has 1 atom stereocenters. The van der Waals surface area contributed by atoms with Gasteiger partial charge in [-0.25, -0.2) is 9.59 Å². The maximum atomic E-state index is 12.1.